The van der Waals surface area contributed by atoms with Crippen molar-refractivity contribution in [1.82, 2.24) is 4.98 Å². The van der Waals surface area contributed by atoms with E-state index in [0.717, 1.165) is 11.8 Å². The highest BCUT2D eigenvalue weighted by Gasteiger charge is 2.29. The van der Waals surface area contributed by atoms with Gasteiger partial charge in [0.15, 0.2) is 0 Å². The van der Waals surface area contributed by atoms with Crippen LogP contribution >= 0.6 is 0 Å². The van der Waals surface area contributed by atoms with E-state index in [-0.39, 0.29) is 0 Å². The average Bonchev–Trinajstić information content (AvgIpc) is 2.66. The zero-order chi connectivity index (χ0) is 12.0. The van der Waals surface area contributed by atoms with Gasteiger partial charge in [-0.15, -0.1) is 0 Å². The Kier molecular flexibility index (Phi) is 2.50. The highest BCUT2D eigenvalue weighted by Crippen LogP contribution is 2.41. The molecule has 1 nitrogen and oxygen atoms in total. The molecule has 17 heavy (non-hydrogen) atoms. The quantitative estimate of drug-likeness (QED) is 0.738. The van der Waals surface area contributed by atoms with Gasteiger partial charge in [0.25, 0.3) is 0 Å². The Morgan fingerprint density at radius 3 is 2.76 bits per heavy atom. The van der Waals surface area contributed by atoms with Crippen LogP contribution < -0.4 is 0 Å². The normalized spacial score (nSPS) is 24.2. The number of aromatic nitrogens is 1. The summed E-state index contributed by atoms with van der Waals surface area (Å²) in [6.45, 7) is 7.08. The first-order valence-corrected chi connectivity index (χ1v) is 6.76. The number of hydrogen-bond donors (Lipinski definition) is 1. The van der Waals surface area contributed by atoms with Gasteiger partial charge in [-0.05, 0) is 36.3 Å². The van der Waals surface area contributed by atoms with E-state index in [0.29, 0.717) is 5.92 Å². The van der Waals surface area contributed by atoms with Crippen LogP contribution in [0.15, 0.2) is 24.3 Å². The summed E-state index contributed by atoms with van der Waals surface area (Å²) in [5.74, 6) is 2.25. The van der Waals surface area contributed by atoms with Crippen molar-refractivity contribution in [2.75, 3.05) is 0 Å². The van der Waals surface area contributed by atoms with Crippen molar-refractivity contribution in [3.05, 3.63) is 35.5 Å². The van der Waals surface area contributed by atoms with E-state index in [2.05, 4.69) is 50.0 Å². The molecule has 1 aliphatic carbocycles. The van der Waals surface area contributed by atoms with Crippen LogP contribution in [0.2, 0.25) is 0 Å². The van der Waals surface area contributed by atoms with Crippen molar-refractivity contribution >= 4 is 10.9 Å². The van der Waals surface area contributed by atoms with Crippen molar-refractivity contribution in [2.24, 2.45) is 11.8 Å². The van der Waals surface area contributed by atoms with Crippen molar-refractivity contribution in [3.63, 3.8) is 0 Å². The maximum Gasteiger partial charge on any atom is 0.0459 e. The number of fused-ring (bicyclic) bond motifs is 3. The van der Waals surface area contributed by atoms with Crippen LogP contribution in [0.3, 0.4) is 0 Å². The molecular weight excluding hydrogens is 206 g/mol. The van der Waals surface area contributed by atoms with Crippen LogP contribution in [0.4, 0.5) is 0 Å². The molecule has 2 atom stereocenters. The summed E-state index contributed by atoms with van der Waals surface area (Å²) in [6, 6.07) is 8.74. The topological polar surface area (TPSA) is 15.8 Å². The fourth-order valence-electron chi connectivity index (χ4n) is 3.35. The number of aromatic amines is 1. The fraction of sp³-hybridized carbons (Fsp3) is 0.500. The summed E-state index contributed by atoms with van der Waals surface area (Å²) in [5, 5.41) is 1.44. The van der Waals surface area contributed by atoms with Crippen molar-refractivity contribution < 1.29 is 0 Å². The Bertz CT molecular complexity index is 535. The standard InChI is InChI=1S/C16H21N/c1-10(2)13-8-11(3)9-14-12-6-4-5-7-15(12)17-16(13)14/h4-7,10-11,13,17H,8-9H2,1-3H3. The first kappa shape index (κ1) is 10.9. The van der Waals surface area contributed by atoms with E-state index < -0.39 is 0 Å². The SMILES string of the molecule is CC1Cc2c([nH]c3ccccc23)C(C(C)C)C1. The second-order valence-electron chi connectivity index (χ2n) is 5.96. The van der Waals surface area contributed by atoms with Crippen LogP contribution in [0.25, 0.3) is 10.9 Å². The molecule has 0 spiro atoms. The highest BCUT2D eigenvalue weighted by molar-refractivity contribution is 5.85. The van der Waals surface area contributed by atoms with Gasteiger partial charge in [-0.2, -0.15) is 0 Å². The van der Waals surface area contributed by atoms with E-state index >= 15 is 0 Å². The van der Waals surface area contributed by atoms with Gasteiger partial charge in [0, 0.05) is 22.5 Å². The Hall–Kier alpha value is -1.24. The highest BCUT2D eigenvalue weighted by atomic mass is 14.7. The molecule has 0 saturated heterocycles. The lowest BCUT2D eigenvalue weighted by atomic mass is 9.76. The van der Waals surface area contributed by atoms with Crippen LogP contribution in [-0.4, -0.2) is 4.98 Å². The molecule has 2 unspecified atom stereocenters. The molecule has 2 aromatic rings. The molecule has 0 amide bonds. The van der Waals surface area contributed by atoms with Gasteiger partial charge in [-0.1, -0.05) is 39.0 Å². The lowest BCUT2D eigenvalue weighted by Crippen LogP contribution is -2.19. The largest absolute Gasteiger partial charge is 0.358 e. The Morgan fingerprint density at radius 1 is 1.24 bits per heavy atom. The second-order valence-corrected chi connectivity index (χ2v) is 5.96. The second kappa shape index (κ2) is 3.90. The molecule has 3 rings (SSSR count). The van der Waals surface area contributed by atoms with Gasteiger partial charge in [0.1, 0.15) is 0 Å². The molecule has 0 saturated carbocycles. The monoisotopic (exact) mass is 227 g/mol. The molecule has 0 fully saturated rings. The summed E-state index contributed by atoms with van der Waals surface area (Å²) in [4.78, 5) is 3.67. The van der Waals surface area contributed by atoms with Crippen molar-refractivity contribution in [1.29, 1.82) is 0 Å². The molecule has 1 aliphatic rings. The number of rotatable bonds is 1. The third kappa shape index (κ3) is 1.69. The minimum atomic E-state index is 0.709. The number of para-hydroxylation sites is 1. The predicted octanol–water partition coefficient (Wildman–Crippen LogP) is 4.49. The minimum absolute atomic E-state index is 0.709. The number of H-pyrrole nitrogens is 1. The number of benzene rings is 1. The van der Waals surface area contributed by atoms with Crippen LogP contribution in [-0.2, 0) is 6.42 Å². The molecular formula is C16H21N. The van der Waals surface area contributed by atoms with Gasteiger partial charge in [-0.3, -0.25) is 0 Å². The van der Waals surface area contributed by atoms with E-state index in [1.54, 1.807) is 5.56 Å². The molecule has 0 aliphatic heterocycles. The van der Waals surface area contributed by atoms with Gasteiger partial charge < -0.3 is 4.98 Å². The summed E-state index contributed by atoms with van der Waals surface area (Å²) in [6.07, 6.45) is 2.57. The molecule has 90 valence electrons. The summed E-state index contributed by atoms with van der Waals surface area (Å²) in [5.41, 5.74) is 4.41. The van der Waals surface area contributed by atoms with Crippen LogP contribution in [0, 0.1) is 11.8 Å². The van der Waals surface area contributed by atoms with E-state index in [1.165, 1.54) is 29.4 Å². The summed E-state index contributed by atoms with van der Waals surface area (Å²) < 4.78 is 0. The maximum atomic E-state index is 3.67. The van der Waals surface area contributed by atoms with Crippen molar-refractivity contribution in [3.8, 4) is 0 Å². The van der Waals surface area contributed by atoms with Gasteiger partial charge in [0.2, 0.25) is 0 Å². The summed E-state index contributed by atoms with van der Waals surface area (Å²) in [7, 11) is 0. The van der Waals surface area contributed by atoms with E-state index in [4.69, 9.17) is 0 Å². The molecule has 0 radical (unpaired) electrons. The Balaban J connectivity index is 2.21. The number of nitrogens with one attached hydrogen (secondary N) is 1. The maximum absolute atomic E-state index is 3.67. The molecule has 1 heteroatoms. The first-order valence-electron chi connectivity index (χ1n) is 6.76. The van der Waals surface area contributed by atoms with Crippen LogP contribution in [0.5, 0.6) is 0 Å². The Labute approximate surface area is 103 Å². The molecule has 1 heterocycles. The zero-order valence-corrected chi connectivity index (χ0v) is 11.0. The Morgan fingerprint density at radius 2 is 2.00 bits per heavy atom. The molecule has 1 N–H and O–H groups in total. The molecule has 0 bridgehead atoms. The number of hydrogen-bond acceptors (Lipinski definition) is 0. The average molecular weight is 227 g/mol. The zero-order valence-electron chi connectivity index (χ0n) is 11.0. The third-order valence-corrected chi connectivity index (χ3v) is 4.23. The molecule has 1 aromatic heterocycles. The first-order chi connectivity index (χ1) is 8.16. The lowest BCUT2D eigenvalue weighted by Gasteiger charge is -2.30. The fourth-order valence-corrected chi connectivity index (χ4v) is 3.35. The van der Waals surface area contributed by atoms with Gasteiger partial charge in [0.05, 0.1) is 0 Å². The third-order valence-electron chi connectivity index (χ3n) is 4.23. The van der Waals surface area contributed by atoms with Crippen LogP contribution in [0.1, 0.15) is 44.4 Å². The lowest BCUT2D eigenvalue weighted by molar-refractivity contribution is 0.359. The minimum Gasteiger partial charge on any atom is -0.358 e. The van der Waals surface area contributed by atoms with Crippen molar-refractivity contribution in [2.45, 2.75) is 39.5 Å². The summed E-state index contributed by atoms with van der Waals surface area (Å²) >= 11 is 0. The smallest absolute Gasteiger partial charge is 0.0459 e. The van der Waals surface area contributed by atoms with E-state index in [1.807, 2.05) is 0 Å². The van der Waals surface area contributed by atoms with Gasteiger partial charge >= 0.3 is 0 Å². The molecule has 1 aromatic carbocycles. The van der Waals surface area contributed by atoms with E-state index in [9.17, 15) is 0 Å². The van der Waals surface area contributed by atoms with Gasteiger partial charge in [-0.25, -0.2) is 0 Å². The predicted molar refractivity (Wildman–Crippen MR) is 73.4 cm³/mol.